The summed E-state index contributed by atoms with van der Waals surface area (Å²) >= 11 is 0. The number of rotatable bonds is 2. The molecule has 2 aliphatic rings. The minimum absolute atomic E-state index is 0.0798. The summed E-state index contributed by atoms with van der Waals surface area (Å²) in [6, 6.07) is 4.02. The molecule has 3 rings (SSSR count). The van der Waals surface area contributed by atoms with Crippen molar-refractivity contribution in [3.63, 3.8) is 0 Å². The van der Waals surface area contributed by atoms with E-state index >= 15 is 0 Å². The summed E-state index contributed by atoms with van der Waals surface area (Å²) in [4.78, 5) is 35.0. The van der Waals surface area contributed by atoms with E-state index in [1.54, 1.807) is 17.3 Å². The number of anilines is 1. The van der Waals surface area contributed by atoms with Gasteiger partial charge in [0.05, 0.1) is 0 Å². The molecule has 3 heterocycles. The van der Waals surface area contributed by atoms with Crippen molar-refractivity contribution in [3.8, 4) is 0 Å². The number of amides is 2. The first-order valence-corrected chi connectivity index (χ1v) is 9.75. The van der Waals surface area contributed by atoms with E-state index in [1.807, 2.05) is 37.8 Å². The van der Waals surface area contributed by atoms with Crippen LogP contribution in [-0.2, 0) is 9.53 Å². The topological polar surface area (TPSA) is 66.0 Å². The lowest BCUT2D eigenvalue weighted by Crippen LogP contribution is -2.53. The highest BCUT2D eigenvalue weighted by Gasteiger charge is 2.32. The van der Waals surface area contributed by atoms with Gasteiger partial charge in [0.15, 0.2) is 0 Å². The first kappa shape index (κ1) is 19.5. The van der Waals surface area contributed by atoms with Crippen LogP contribution in [0.15, 0.2) is 24.5 Å². The first-order valence-electron chi connectivity index (χ1n) is 9.75. The number of piperidine rings is 1. The van der Waals surface area contributed by atoms with Crippen molar-refractivity contribution in [1.82, 2.24) is 14.8 Å². The van der Waals surface area contributed by atoms with Gasteiger partial charge in [0.1, 0.15) is 5.60 Å². The van der Waals surface area contributed by atoms with Crippen molar-refractivity contribution < 1.29 is 14.3 Å². The zero-order valence-corrected chi connectivity index (χ0v) is 16.6. The zero-order chi connectivity index (χ0) is 19.4. The van der Waals surface area contributed by atoms with E-state index in [2.05, 4.69) is 9.88 Å². The fourth-order valence-electron chi connectivity index (χ4n) is 3.63. The molecule has 0 bridgehead atoms. The molecule has 0 aromatic carbocycles. The Hall–Kier alpha value is -2.31. The molecular formula is C20H30N4O3. The average Bonchev–Trinajstić information content (AvgIpc) is 2.67. The maximum atomic E-state index is 12.9. The number of aromatic nitrogens is 1. The van der Waals surface area contributed by atoms with Crippen LogP contribution in [0.4, 0.5) is 10.5 Å². The molecule has 27 heavy (non-hydrogen) atoms. The van der Waals surface area contributed by atoms with Crippen LogP contribution in [0.3, 0.4) is 0 Å². The van der Waals surface area contributed by atoms with E-state index in [-0.39, 0.29) is 17.9 Å². The van der Waals surface area contributed by atoms with Gasteiger partial charge >= 0.3 is 6.09 Å². The summed E-state index contributed by atoms with van der Waals surface area (Å²) in [5.74, 6) is 0.310. The number of piperazine rings is 1. The van der Waals surface area contributed by atoms with E-state index in [0.717, 1.165) is 25.9 Å². The monoisotopic (exact) mass is 374 g/mol. The SMILES string of the molecule is CC(C)(C)OC(=O)N1CCN(C(=O)C2CCN(c3ccncc3)CC2)CC1. The second kappa shape index (κ2) is 8.15. The van der Waals surface area contributed by atoms with Crippen LogP contribution < -0.4 is 4.90 Å². The number of hydrogen-bond acceptors (Lipinski definition) is 5. The van der Waals surface area contributed by atoms with Crippen molar-refractivity contribution >= 4 is 17.7 Å². The molecular weight excluding hydrogens is 344 g/mol. The van der Waals surface area contributed by atoms with Crippen LogP contribution in [-0.4, -0.2) is 71.7 Å². The summed E-state index contributed by atoms with van der Waals surface area (Å²) in [6.07, 6.45) is 5.05. The number of carbonyl (C=O) groups excluding carboxylic acids is 2. The normalized spacial score (nSPS) is 19.1. The smallest absolute Gasteiger partial charge is 0.410 e. The molecule has 0 saturated carbocycles. The molecule has 7 nitrogen and oxygen atoms in total. The zero-order valence-electron chi connectivity index (χ0n) is 16.6. The van der Waals surface area contributed by atoms with Gasteiger partial charge in [-0.05, 0) is 45.7 Å². The molecule has 2 amide bonds. The van der Waals surface area contributed by atoms with Crippen molar-refractivity contribution in [2.45, 2.75) is 39.2 Å². The van der Waals surface area contributed by atoms with Gasteiger partial charge in [-0.1, -0.05) is 0 Å². The Balaban J connectivity index is 1.45. The Morgan fingerprint density at radius 1 is 0.963 bits per heavy atom. The summed E-state index contributed by atoms with van der Waals surface area (Å²) in [5.41, 5.74) is 0.675. The van der Waals surface area contributed by atoms with Gasteiger partial charge in [-0.25, -0.2) is 4.79 Å². The van der Waals surface area contributed by atoms with E-state index in [0.29, 0.717) is 26.2 Å². The standard InChI is InChI=1S/C20H30N4O3/c1-20(2,3)27-19(26)24-14-12-23(13-15-24)18(25)16-6-10-22(11-7-16)17-4-8-21-9-5-17/h4-5,8-9,16H,6-7,10-15H2,1-3H3. The molecule has 0 atom stereocenters. The molecule has 0 unspecified atom stereocenters. The Morgan fingerprint density at radius 2 is 1.52 bits per heavy atom. The number of ether oxygens (including phenoxy) is 1. The maximum absolute atomic E-state index is 12.9. The van der Waals surface area contributed by atoms with Crippen molar-refractivity contribution in [2.75, 3.05) is 44.2 Å². The highest BCUT2D eigenvalue weighted by Crippen LogP contribution is 2.24. The van der Waals surface area contributed by atoms with E-state index < -0.39 is 5.60 Å². The Morgan fingerprint density at radius 3 is 2.07 bits per heavy atom. The second-order valence-electron chi connectivity index (χ2n) is 8.26. The van der Waals surface area contributed by atoms with E-state index in [4.69, 9.17) is 4.74 Å². The number of carbonyl (C=O) groups is 2. The highest BCUT2D eigenvalue weighted by molar-refractivity contribution is 5.79. The molecule has 1 aromatic heterocycles. The van der Waals surface area contributed by atoms with Crippen LogP contribution >= 0.6 is 0 Å². The van der Waals surface area contributed by atoms with E-state index in [1.165, 1.54) is 5.69 Å². The van der Waals surface area contributed by atoms with Crippen LogP contribution in [0.2, 0.25) is 0 Å². The second-order valence-corrected chi connectivity index (χ2v) is 8.26. The lowest BCUT2D eigenvalue weighted by molar-refractivity contribution is -0.138. The van der Waals surface area contributed by atoms with Gasteiger partial charge in [-0.2, -0.15) is 0 Å². The molecule has 148 valence electrons. The van der Waals surface area contributed by atoms with Crippen molar-refractivity contribution in [2.24, 2.45) is 5.92 Å². The third-order valence-electron chi connectivity index (χ3n) is 5.12. The van der Waals surface area contributed by atoms with Gasteiger partial charge in [-0.15, -0.1) is 0 Å². The third-order valence-corrected chi connectivity index (χ3v) is 5.12. The minimum atomic E-state index is -0.493. The summed E-state index contributed by atoms with van der Waals surface area (Å²) in [7, 11) is 0. The lowest BCUT2D eigenvalue weighted by Gasteiger charge is -2.39. The predicted molar refractivity (Wildman–Crippen MR) is 104 cm³/mol. The van der Waals surface area contributed by atoms with Gasteiger partial charge in [-0.3, -0.25) is 9.78 Å². The Labute approximate surface area is 161 Å². The molecule has 0 aliphatic carbocycles. The van der Waals surface area contributed by atoms with E-state index in [9.17, 15) is 9.59 Å². The Bertz CT molecular complexity index is 643. The number of pyridine rings is 1. The predicted octanol–water partition coefficient (Wildman–Crippen LogP) is 2.38. The quantitative estimate of drug-likeness (QED) is 0.795. The van der Waals surface area contributed by atoms with Gasteiger partial charge in [0, 0.05) is 63.3 Å². The molecule has 0 N–H and O–H groups in total. The van der Waals surface area contributed by atoms with Crippen molar-refractivity contribution in [3.05, 3.63) is 24.5 Å². The van der Waals surface area contributed by atoms with Gasteiger partial charge in [0.25, 0.3) is 0 Å². The average molecular weight is 374 g/mol. The fourth-order valence-corrected chi connectivity index (χ4v) is 3.63. The van der Waals surface area contributed by atoms with Crippen LogP contribution in [0, 0.1) is 5.92 Å². The minimum Gasteiger partial charge on any atom is -0.444 e. The molecule has 0 spiro atoms. The lowest BCUT2D eigenvalue weighted by atomic mass is 9.94. The van der Waals surface area contributed by atoms with Gasteiger partial charge in [0.2, 0.25) is 5.91 Å². The third kappa shape index (κ3) is 5.11. The molecule has 2 aliphatic heterocycles. The summed E-state index contributed by atoms with van der Waals surface area (Å²) in [5, 5.41) is 0. The largest absolute Gasteiger partial charge is 0.444 e. The van der Waals surface area contributed by atoms with Crippen molar-refractivity contribution in [1.29, 1.82) is 0 Å². The molecule has 7 heteroatoms. The molecule has 2 saturated heterocycles. The van der Waals surface area contributed by atoms with Crippen LogP contribution in [0.1, 0.15) is 33.6 Å². The van der Waals surface area contributed by atoms with Crippen LogP contribution in [0.5, 0.6) is 0 Å². The highest BCUT2D eigenvalue weighted by atomic mass is 16.6. The summed E-state index contributed by atoms with van der Waals surface area (Å²) in [6.45, 7) is 9.61. The number of hydrogen-bond donors (Lipinski definition) is 0. The first-order chi connectivity index (χ1) is 12.8. The molecule has 1 aromatic rings. The fraction of sp³-hybridized carbons (Fsp3) is 0.650. The van der Waals surface area contributed by atoms with Crippen LogP contribution in [0.25, 0.3) is 0 Å². The summed E-state index contributed by atoms with van der Waals surface area (Å²) < 4.78 is 5.42. The molecule has 2 fully saturated rings. The maximum Gasteiger partial charge on any atom is 0.410 e. The Kier molecular flexibility index (Phi) is 5.87. The number of nitrogens with zero attached hydrogens (tertiary/aromatic N) is 4. The molecule has 0 radical (unpaired) electrons. The van der Waals surface area contributed by atoms with Gasteiger partial charge < -0.3 is 19.4 Å².